The first-order valence-electron chi connectivity index (χ1n) is 10.1. The summed E-state index contributed by atoms with van der Waals surface area (Å²) >= 11 is 0. The van der Waals surface area contributed by atoms with E-state index in [2.05, 4.69) is 4.98 Å². The van der Waals surface area contributed by atoms with Crippen molar-refractivity contribution in [1.82, 2.24) is 14.8 Å². The minimum atomic E-state index is -0.644. The van der Waals surface area contributed by atoms with Gasteiger partial charge in [-0.15, -0.1) is 0 Å². The lowest BCUT2D eigenvalue weighted by Crippen LogP contribution is -2.39. The van der Waals surface area contributed by atoms with Crippen LogP contribution in [0.25, 0.3) is 11.0 Å². The van der Waals surface area contributed by atoms with Crippen molar-refractivity contribution in [2.45, 2.75) is 19.4 Å². The van der Waals surface area contributed by atoms with Crippen LogP contribution in [0.5, 0.6) is 0 Å². The van der Waals surface area contributed by atoms with Gasteiger partial charge in [-0.05, 0) is 37.1 Å². The van der Waals surface area contributed by atoms with Crippen molar-refractivity contribution < 1.29 is 14.0 Å². The Hall–Kier alpha value is -3.48. The molecule has 2 aliphatic rings. The van der Waals surface area contributed by atoms with Gasteiger partial charge in [-0.3, -0.25) is 14.6 Å². The number of para-hydroxylation sites is 1. The maximum atomic E-state index is 13.2. The van der Waals surface area contributed by atoms with Gasteiger partial charge in [0.25, 0.3) is 5.91 Å². The van der Waals surface area contributed by atoms with E-state index in [9.17, 15) is 14.4 Å². The van der Waals surface area contributed by atoms with Gasteiger partial charge >= 0.3 is 5.63 Å². The number of aromatic nitrogens is 1. The average Bonchev–Trinajstić information content (AvgIpc) is 3.33. The molecule has 3 aromatic rings. The lowest BCUT2D eigenvalue weighted by Gasteiger charge is -2.23. The van der Waals surface area contributed by atoms with Crippen LogP contribution in [0.4, 0.5) is 0 Å². The monoisotopic (exact) mass is 403 g/mol. The molecule has 1 aromatic carbocycles. The third-order valence-corrected chi connectivity index (χ3v) is 6.19. The van der Waals surface area contributed by atoms with Crippen molar-refractivity contribution >= 4 is 22.8 Å². The molecule has 0 aliphatic carbocycles. The summed E-state index contributed by atoms with van der Waals surface area (Å²) in [6, 6.07) is 14.3. The standard InChI is InChI=1S/C23H21N3O4/c27-20(18-13-16-5-1-2-7-19(16)30-21(18)28)26-12-9-23(15-26)8-11-25(22(23)29)14-17-6-3-4-10-24-17/h1-7,10,13H,8-9,11-12,14-15H2. The molecule has 4 heterocycles. The Morgan fingerprint density at radius 1 is 1.07 bits per heavy atom. The highest BCUT2D eigenvalue weighted by Crippen LogP contribution is 2.41. The van der Waals surface area contributed by atoms with Crippen LogP contribution in [0.2, 0.25) is 0 Å². The minimum Gasteiger partial charge on any atom is -0.422 e. The Morgan fingerprint density at radius 3 is 2.70 bits per heavy atom. The topological polar surface area (TPSA) is 83.7 Å². The smallest absolute Gasteiger partial charge is 0.349 e. The molecule has 2 aromatic heterocycles. The Morgan fingerprint density at radius 2 is 1.87 bits per heavy atom. The molecule has 1 unspecified atom stereocenters. The molecule has 0 N–H and O–H groups in total. The Labute approximate surface area is 172 Å². The van der Waals surface area contributed by atoms with Gasteiger partial charge in [-0.1, -0.05) is 24.3 Å². The molecule has 7 heteroatoms. The van der Waals surface area contributed by atoms with Gasteiger partial charge < -0.3 is 14.2 Å². The quantitative estimate of drug-likeness (QED) is 0.628. The summed E-state index contributed by atoms with van der Waals surface area (Å²) in [7, 11) is 0. The van der Waals surface area contributed by atoms with Crippen LogP contribution in [0.3, 0.4) is 0 Å². The number of fused-ring (bicyclic) bond motifs is 1. The van der Waals surface area contributed by atoms with E-state index in [1.165, 1.54) is 0 Å². The second-order valence-corrected chi connectivity index (χ2v) is 8.04. The zero-order valence-electron chi connectivity index (χ0n) is 16.4. The number of carbonyl (C=O) groups excluding carboxylic acids is 2. The number of pyridine rings is 1. The van der Waals surface area contributed by atoms with E-state index >= 15 is 0 Å². The van der Waals surface area contributed by atoms with E-state index in [1.807, 2.05) is 29.2 Å². The highest BCUT2D eigenvalue weighted by Gasteiger charge is 2.51. The van der Waals surface area contributed by atoms with Crippen molar-refractivity contribution in [3.05, 3.63) is 76.4 Å². The lowest BCUT2D eigenvalue weighted by atomic mass is 9.85. The number of benzene rings is 1. The SMILES string of the molecule is O=C(c1cc2ccccc2oc1=O)N1CCC2(CCN(Cc3ccccn3)C2=O)C1. The summed E-state index contributed by atoms with van der Waals surface area (Å²) < 4.78 is 5.31. The van der Waals surface area contributed by atoms with Crippen LogP contribution in [0, 0.1) is 5.41 Å². The Bertz CT molecular complexity index is 1190. The second kappa shape index (κ2) is 7.09. The third kappa shape index (κ3) is 3.07. The van der Waals surface area contributed by atoms with Crippen molar-refractivity contribution in [3.8, 4) is 0 Å². The number of hydrogen-bond donors (Lipinski definition) is 0. The molecular weight excluding hydrogens is 382 g/mol. The van der Waals surface area contributed by atoms with Crippen LogP contribution < -0.4 is 5.63 Å². The summed E-state index contributed by atoms with van der Waals surface area (Å²) in [6.07, 6.45) is 3.03. The summed E-state index contributed by atoms with van der Waals surface area (Å²) in [4.78, 5) is 46.3. The van der Waals surface area contributed by atoms with Gasteiger partial charge in [0, 0.05) is 31.2 Å². The van der Waals surface area contributed by atoms with E-state index < -0.39 is 11.0 Å². The highest BCUT2D eigenvalue weighted by atomic mass is 16.4. The fourth-order valence-electron chi connectivity index (χ4n) is 4.54. The predicted molar refractivity (Wildman–Crippen MR) is 110 cm³/mol. The zero-order valence-corrected chi connectivity index (χ0v) is 16.4. The molecule has 2 amide bonds. The molecular formula is C23H21N3O4. The molecule has 0 radical (unpaired) electrons. The first-order chi connectivity index (χ1) is 14.6. The molecule has 0 bridgehead atoms. The molecule has 1 atom stereocenters. The molecule has 7 nitrogen and oxygen atoms in total. The van der Waals surface area contributed by atoms with Crippen LogP contribution in [0.1, 0.15) is 28.9 Å². The van der Waals surface area contributed by atoms with Gasteiger partial charge in [-0.25, -0.2) is 4.79 Å². The van der Waals surface area contributed by atoms with Gasteiger partial charge in [0.05, 0.1) is 17.7 Å². The fourth-order valence-corrected chi connectivity index (χ4v) is 4.54. The molecule has 2 fully saturated rings. The Balaban J connectivity index is 1.34. The van der Waals surface area contributed by atoms with E-state index in [4.69, 9.17) is 4.42 Å². The first kappa shape index (κ1) is 18.5. The normalized spacial score (nSPS) is 21.1. The average molecular weight is 403 g/mol. The highest BCUT2D eigenvalue weighted by molar-refractivity contribution is 5.97. The first-order valence-corrected chi connectivity index (χ1v) is 10.1. The van der Waals surface area contributed by atoms with E-state index in [-0.39, 0.29) is 17.4 Å². The molecule has 152 valence electrons. The maximum Gasteiger partial charge on any atom is 0.349 e. The van der Waals surface area contributed by atoms with E-state index in [0.29, 0.717) is 50.0 Å². The van der Waals surface area contributed by atoms with Crippen molar-refractivity contribution in [2.24, 2.45) is 5.41 Å². The number of likely N-dealkylation sites (tertiary alicyclic amines) is 2. The number of rotatable bonds is 3. The second-order valence-electron chi connectivity index (χ2n) is 8.04. The molecule has 0 saturated carbocycles. The third-order valence-electron chi connectivity index (χ3n) is 6.19. The van der Waals surface area contributed by atoms with Gasteiger partial charge in [0.2, 0.25) is 5.91 Å². The summed E-state index contributed by atoms with van der Waals surface area (Å²) in [6.45, 7) is 1.91. The van der Waals surface area contributed by atoms with Gasteiger partial charge in [-0.2, -0.15) is 0 Å². The number of nitrogens with zero attached hydrogens (tertiary/aromatic N) is 3. The minimum absolute atomic E-state index is 0.0153. The van der Waals surface area contributed by atoms with Crippen LogP contribution >= 0.6 is 0 Å². The van der Waals surface area contributed by atoms with Crippen LogP contribution in [-0.4, -0.2) is 46.2 Å². The largest absolute Gasteiger partial charge is 0.422 e. The van der Waals surface area contributed by atoms with Crippen LogP contribution in [0.15, 0.2) is 63.9 Å². The number of hydrogen-bond acceptors (Lipinski definition) is 5. The molecule has 5 rings (SSSR count). The van der Waals surface area contributed by atoms with E-state index in [1.54, 1.807) is 35.4 Å². The van der Waals surface area contributed by atoms with Gasteiger partial charge in [0.1, 0.15) is 11.1 Å². The molecule has 1 spiro atoms. The fraction of sp³-hybridized carbons (Fsp3) is 0.304. The lowest BCUT2D eigenvalue weighted by molar-refractivity contribution is -0.135. The van der Waals surface area contributed by atoms with Crippen molar-refractivity contribution in [1.29, 1.82) is 0 Å². The number of amides is 2. The van der Waals surface area contributed by atoms with Crippen LogP contribution in [-0.2, 0) is 11.3 Å². The predicted octanol–water partition coefficient (Wildman–Crippen LogP) is 2.45. The molecule has 2 saturated heterocycles. The maximum absolute atomic E-state index is 13.2. The Kier molecular flexibility index (Phi) is 4.38. The van der Waals surface area contributed by atoms with Gasteiger partial charge in [0.15, 0.2) is 0 Å². The molecule has 2 aliphatic heterocycles. The zero-order chi connectivity index (χ0) is 20.7. The van der Waals surface area contributed by atoms with Crippen molar-refractivity contribution in [3.63, 3.8) is 0 Å². The summed E-state index contributed by atoms with van der Waals surface area (Å²) in [5.41, 5.74) is 0.105. The number of carbonyl (C=O) groups is 2. The summed E-state index contributed by atoms with van der Waals surface area (Å²) in [5, 5.41) is 0.702. The van der Waals surface area contributed by atoms with E-state index in [0.717, 1.165) is 5.69 Å². The van der Waals surface area contributed by atoms with Crippen molar-refractivity contribution in [2.75, 3.05) is 19.6 Å². The summed E-state index contributed by atoms with van der Waals surface area (Å²) in [5.74, 6) is -0.309. The molecule has 30 heavy (non-hydrogen) atoms.